The van der Waals surface area contributed by atoms with Crippen molar-refractivity contribution in [2.45, 2.75) is 58.3 Å². The lowest BCUT2D eigenvalue weighted by atomic mass is 9.96. The van der Waals surface area contributed by atoms with Gasteiger partial charge in [0.1, 0.15) is 11.6 Å². The summed E-state index contributed by atoms with van der Waals surface area (Å²) in [4.78, 5) is 38.0. The van der Waals surface area contributed by atoms with Gasteiger partial charge in [-0.3, -0.25) is 14.5 Å². The topological polar surface area (TPSA) is 66.4 Å². The number of rotatable bonds is 5. The van der Waals surface area contributed by atoms with Gasteiger partial charge in [-0.15, -0.1) is 0 Å². The van der Waals surface area contributed by atoms with Gasteiger partial charge in [0.05, 0.1) is 0 Å². The van der Waals surface area contributed by atoms with Crippen molar-refractivity contribution < 1.29 is 9.59 Å². The number of fused-ring (bicyclic) bond motifs is 1. The molecule has 3 heterocycles. The number of aryl methyl sites for hydroxylation is 2. The number of amides is 2. The van der Waals surface area contributed by atoms with Gasteiger partial charge < -0.3 is 4.90 Å². The van der Waals surface area contributed by atoms with Crippen LogP contribution in [0.2, 0.25) is 0 Å². The second-order valence-electron chi connectivity index (χ2n) is 8.41. The standard InChI is InChI=1S/C24H30N4O2/c1-17-21-12-13-22(30)28(15-6-10-19-8-4-3-5-9-19)24(21)26-23(25-17)20-11-7-14-27(16-20)18(2)29/h3-5,8-9,20H,6-7,10-16H2,1-2H3. The van der Waals surface area contributed by atoms with Gasteiger partial charge in [0.2, 0.25) is 11.8 Å². The molecule has 0 saturated carbocycles. The number of piperidine rings is 1. The number of likely N-dealkylation sites (tertiary alicyclic amines) is 1. The fourth-order valence-corrected chi connectivity index (χ4v) is 4.58. The lowest BCUT2D eigenvalue weighted by Gasteiger charge is -2.33. The number of hydrogen-bond acceptors (Lipinski definition) is 4. The monoisotopic (exact) mass is 406 g/mol. The van der Waals surface area contributed by atoms with E-state index in [1.54, 1.807) is 6.92 Å². The molecule has 1 fully saturated rings. The van der Waals surface area contributed by atoms with E-state index in [9.17, 15) is 9.59 Å². The van der Waals surface area contributed by atoms with Crippen LogP contribution in [0.25, 0.3) is 0 Å². The minimum Gasteiger partial charge on any atom is -0.342 e. The molecule has 0 aliphatic carbocycles. The van der Waals surface area contributed by atoms with Crippen molar-refractivity contribution in [1.29, 1.82) is 0 Å². The summed E-state index contributed by atoms with van der Waals surface area (Å²) >= 11 is 0. The predicted octanol–water partition coefficient (Wildman–Crippen LogP) is 3.42. The number of carbonyl (C=O) groups is 2. The van der Waals surface area contributed by atoms with Crippen LogP contribution in [-0.4, -0.2) is 46.3 Å². The first-order chi connectivity index (χ1) is 14.5. The van der Waals surface area contributed by atoms with Crippen molar-refractivity contribution in [3.8, 4) is 0 Å². The summed E-state index contributed by atoms with van der Waals surface area (Å²) < 4.78 is 0. The van der Waals surface area contributed by atoms with Crippen molar-refractivity contribution in [1.82, 2.24) is 14.9 Å². The molecule has 2 aliphatic rings. The van der Waals surface area contributed by atoms with Crippen LogP contribution in [-0.2, 0) is 22.4 Å². The van der Waals surface area contributed by atoms with Crippen molar-refractivity contribution in [2.75, 3.05) is 24.5 Å². The summed E-state index contributed by atoms with van der Waals surface area (Å²) in [6, 6.07) is 10.4. The van der Waals surface area contributed by atoms with E-state index in [1.165, 1.54) is 5.56 Å². The third-order valence-corrected chi connectivity index (χ3v) is 6.28. The van der Waals surface area contributed by atoms with E-state index in [-0.39, 0.29) is 17.7 Å². The largest absolute Gasteiger partial charge is 0.342 e. The first-order valence-electron chi connectivity index (χ1n) is 11.0. The molecular formula is C24H30N4O2. The van der Waals surface area contributed by atoms with E-state index in [4.69, 9.17) is 9.97 Å². The Morgan fingerprint density at radius 2 is 1.97 bits per heavy atom. The molecule has 158 valence electrons. The number of carbonyl (C=O) groups excluding carboxylic acids is 2. The van der Waals surface area contributed by atoms with Crippen LogP contribution < -0.4 is 4.90 Å². The highest BCUT2D eigenvalue weighted by atomic mass is 16.2. The van der Waals surface area contributed by atoms with Gasteiger partial charge in [-0.05, 0) is 44.6 Å². The quantitative estimate of drug-likeness (QED) is 0.763. The van der Waals surface area contributed by atoms with Gasteiger partial charge in [-0.2, -0.15) is 0 Å². The number of nitrogens with zero attached hydrogens (tertiary/aromatic N) is 4. The maximum Gasteiger partial charge on any atom is 0.228 e. The summed E-state index contributed by atoms with van der Waals surface area (Å²) in [6.45, 7) is 5.78. The smallest absolute Gasteiger partial charge is 0.228 e. The van der Waals surface area contributed by atoms with E-state index in [0.717, 1.165) is 55.1 Å². The molecule has 30 heavy (non-hydrogen) atoms. The molecule has 1 aromatic heterocycles. The maximum absolute atomic E-state index is 12.8. The SMILES string of the molecule is CC(=O)N1CCCC(c2nc(C)c3c(n2)N(CCCc2ccccc2)C(=O)CC3)C1. The van der Waals surface area contributed by atoms with Crippen LogP contribution in [0.15, 0.2) is 30.3 Å². The molecule has 1 aromatic carbocycles. The average molecular weight is 407 g/mol. The molecule has 0 radical (unpaired) electrons. The fourth-order valence-electron chi connectivity index (χ4n) is 4.58. The Balaban J connectivity index is 1.55. The van der Waals surface area contributed by atoms with Crippen LogP contribution >= 0.6 is 0 Å². The Morgan fingerprint density at radius 1 is 1.17 bits per heavy atom. The molecule has 0 spiro atoms. The van der Waals surface area contributed by atoms with Crippen LogP contribution in [0.1, 0.15) is 61.2 Å². The van der Waals surface area contributed by atoms with Gasteiger partial charge in [0.15, 0.2) is 0 Å². The third-order valence-electron chi connectivity index (χ3n) is 6.28. The average Bonchev–Trinajstić information content (AvgIpc) is 2.76. The second-order valence-corrected chi connectivity index (χ2v) is 8.41. The molecule has 6 heteroatoms. The Labute approximate surface area is 178 Å². The molecule has 2 aromatic rings. The van der Waals surface area contributed by atoms with Crippen LogP contribution in [0.4, 0.5) is 5.82 Å². The number of hydrogen-bond donors (Lipinski definition) is 0. The van der Waals surface area contributed by atoms with E-state index in [1.807, 2.05) is 34.9 Å². The predicted molar refractivity (Wildman–Crippen MR) is 116 cm³/mol. The van der Waals surface area contributed by atoms with Crippen LogP contribution in [0.3, 0.4) is 0 Å². The van der Waals surface area contributed by atoms with E-state index in [2.05, 4.69) is 12.1 Å². The summed E-state index contributed by atoms with van der Waals surface area (Å²) in [7, 11) is 0. The minimum absolute atomic E-state index is 0.104. The molecule has 1 saturated heterocycles. The van der Waals surface area contributed by atoms with Gasteiger partial charge in [-0.25, -0.2) is 9.97 Å². The molecule has 2 amide bonds. The van der Waals surface area contributed by atoms with E-state index >= 15 is 0 Å². The van der Waals surface area contributed by atoms with Crippen LogP contribution in [0, 0.1) is 6.92 Å². The molecule has 1 atom stereocenters. The van der Waals surface area contributed by atoms with Crippen molar-refractivity contribution >= 4 is 17.6 Å². The zero-order chi connectivity index (χ0) is 21.1. The first kappa shape index (κ1) is 20.5. The summed E-state index contributed by atoms with van der Waals surface area (Å²) in [6.07, 6.45) is 5.00. The highest BCUT2D eigenvalue weighted by Crippen LogP contribution is 2.32. The van der Waals surface area contributed by atoms with Crippen molar-refractivity contribution in [3.63, 3.8) is 0 Å². The summed E-state index contributed by atoms with van der Waals surface area (Å²) in [5.74, 6) is 1.96. The van der Waals surface area contributed by atoms with E-state index < -0.39 is 0 Å². The normalized spacial score (nSPS) is 19.0. The first-order valence-corrected chi connectivity index (χ1v) is 11.0. The molecule has 6 nitrogen and oxygen atoms in total. The molecule has 0 bridgehead atoms. The maximum atomic E-state index is 12.8. The van der Waals surface area contributed by atoms with Gasteiger partial charge in [0, 0.05) is 50.2 Å². The Kier molecular flexibility index (Phi) is 6.11. The highest BCUT2D eigenvalue weighted by Gasteiger charge is 2.31. The summed E-state index contributed by atoms with van der Waals surface area (Å²) in [5.41, 5.74) is 3.35. The van der Waals surface area contributed by atoms with Gasteiger partial charge >= 0.3 is 0 Å². The summed E-state index contributed by atoms with van der Waals surface area (Å²) in [5, 5.41) is 0. The van der Waals surface area contributed by atoms with Gasteiger partial charge in [0.25, 0.3) is 0 Å². The Morgan fingerprint density at radius 3 is 2.73 bits per heavy atom. The molecule has 0 N–H and O–H groups in total. The fraction of sp³-hybridized carbons (Fsp3) is 0.500. The zero-order valence-electron chi connectivity index (χ0n) is 17.9. The lowest BCUT2D eigenvalue weighted by Crippen LogP contribution is -2.40. The lowest BCUT2D eigenvalue weighted by molar-refractivity contribution is -0.130. The van der Waals surface area contributed by atoms with Gasteiger partial charge in [-0.1, -0.05) is 30.3 Å². The van der Waals surface area contributed by atoms with Crippen LogP contribution in [0.5, 0.6) is 0 Å². The van der Waals surface area contributed by atoms with E-state index in [0.29, 0.717) is 25.9 Å². The Hall–Kier alpha value is -2.76. The minimum atomic E-state index is 0.104. The Bertz CT molecular complexity index is 928. The third kappa shape index (κ3) is 4.37. The number of anilines is 1. The molecular weight excluding hydrogens is 376 g/mol. The number of benzene rings is 1. The molecule has 1 unspecified atom stereocenters. The second kappa shape index (κ2) is 8.94. The zero-order valence-corrected chi connectivity index (χ0v) is 17.9. The molecule has 4 rings (SSSR count). The highest BCUT2D eigenvalue weighted by molar-refractivity contribution is 5.95. The van der Waals surface area contributed by atoms with Crippen molar-refractivity contribution in [3.05, 3.63) is 53.0 Å². The van der Waals surface area contributed by atoms with Crippen molar-refractivity contribution in [2.24, 2.45) is 0 Å². The molecule has 2 aliphatic heterocycles. The number of aromatic nitrogens is 2.